The number of hydrogen-bond donors (Lipinski definition) is 3. The van der Waals surface area contributed by atoms with Gasteiger partial charge in [0.05, 0.1) is 31.6 Å². The Morgan fingerprint density at radius 2 is 1.49 bits per heavy atom. The molecule has 1 aliphatic heterocycles. The monoisotopic (exact) mass is 676 g/mol. The van der Waals surface area contributed by atoms with Crippen LogP contribution in [-0.4, -0.2) is 63.9 Å². The van der Waals surface area contributed by atoms with E-state index in [-0.39, 0.29) is 26.1 Å². The Hall–Kier alpha value is -1.61. The number of unbranched alkanes of at least 4 members (excludes halogenated alkanes) is 13. The van der Waals surface area contributed by atoms with Gasteiger partial charge in [0.15, 0.2) is 0 Å². The van der Waals surface area contributed by atoms with Crippen molar-refractivity contribution in [1.82, 2.24) is 9.55 Å². The summed E-state index contributed by atoms with van der Waals surface area (Å²) in [5, 5.41) is 10.3. The summed E-state index contributed by atoms with van der Waals surface area (Å²) >= 11 is 0. The van der Waals surface area contributed by atoms with E-state index in [1.807, 2.05) is 0 Å². The number of halogens is 4. The number of H-pyrrole nitrogens is 1. The minimum Gasteiger partial charge on any atom is -0.390 e. The molecule has 0 spiro atoms. The van der Waals surface area contributed by atoms with Crippen molar-refractivity contribution in [3.8, 4) is 0 Å². The first-order chi connectivity index (χ1) is 21.3. The number of phosphoric acid groups is 1. The van der Waals surface area contributed by atoms with E-state index in [0.29, 0.717) is 19.2 Å². The second-order valence-corrected chi connectivity index (χ2v) is 12.9. The van der Waals surface area contributed by atoms with E-state index in [2.05, 4.69) is 0 Å². The average molecular weight is 677 g/mol. The summed E-state index contributed by atoms with van der Waals surface area (Å²) in [6.45, 7) is 1.76. The third-order valence-electron chi connectivity index (χ3n) is 7.61. The van der Waals surface area contributed by atoms with Gasteiger partial charge in [-0.2, -0.15) is 17.6 Å². The van der Waals surface area contributed by atoms with Gasteiger partial charge in [-0.15, -0.1) is 0 Å². The Bertz CT molecular complexity index is 1130. The van der Waals surface area contributed by atoms with Gasteiger partial charge < -0.3 is 19.5 Å². The molecular formula is C29H49F4N2O9P. The van der Waals surface area contributed by atoms with Gasteiger partial charge in [0, 0.05) is 19.4 Å². The van der Waals surface area contributed by atoms with Crippen LogP contribution in [0.15, 0.2) is 15.8 Å². The molecule has 11 nitrogen and oxygen atoms in total. The van der Waals surface area contributed by atoms with Crippen LogP contribution >= 0.6 is 7.82 Å². The first-order valence-corrected chi connectivity index (χ1v) is 17.4. The van der Waals surface area contributed by atoms with E-state index >= 15 is 0 Å². The van der Waals surface area contributed by atoms with Gasteiger partial charge in [-0.25, -0.2) is 9.36 Å². The van der Waals surface area contributed by atoms with Crippen molar-refractivity contribution in [2.45, 2.75) is 140 Å². The third kappa shape index (κ3) is 16.7. The molecule has 3 N–H and O–H groups in total. The standard InChI is InChI=1S/C29H49F4N2O9P/c1-22(26-24(36)20-25(43-26)35-21-23(30)27(37)34-28(35)38)44-45(39,40)42-19-18-41-17-15-13-11-9-7-5-3-2-4-6-8-10-12-14-16-29(31,32)33/h21-22,24-26,36H,2-20H2,1H3,(H,39,40)(H,34,37,38)/t22-,24+,25-,26-/m1/s1. The molecule has 1 fully saturated rings. The first-order valence-electron chi connectivity index (χ1n) is 15.9. The molecule has 0 radical (unpaired) electrons. The molecule has 1 unspecified atom stereocenters. The highest BCUT2D eigenvalue weighted by molar-refractivity contribution is 7.47. The summed E-state index contributed by atoms with van der Waals surface area (Å²) in [6, 6.07) is 0. The topological polar surface area (TPSA) is 149 Å². The van der Waals surface area contributed by atoms with Crippen molar-refractivity contribution < 1.29 is 50.6 Å². The van der Waals surface area contributed by atoms with Crippen molar-refractivity contribution in [2.75, 3.05) is 19.8 Å². The molecule has 0 amide bonds. The van der Waals surface area contributed by atoms with Crippen molar-refractivity contribution >= 4 is 7.82 Å². The number of nitrogens with one attached hydrogen (secondary N) is 1. The predicted octanol–water partition coefficient (Wildman–Crippen LogP) is 6.28. The summed E-state index contributed by atoms with van der Waals surface area (Å²) in [6.07, 6.45) is 5.08. The van der Waals surface area contributed by atoms with Crippen LogP contribution in [0, 0.1) is 5.82 Å². The van der Waals surface area contributed by atoms with Crippen LogP contribution in [0.3, 0.4) is 0 Å². The number of rotatable bonds is 24. The van der Waals surface area contributed by atoms with Gasteiger partial charge >= 0.3 is 19.7 Å². The smallest absolute Gasteiger partial charge is 0.390 e. The fraction of sp³-hybridized carbons (Fsp3) is 0.862. The Morgan fingerprint density at radius 1 is 0.956 bits per heavy atom. The van der Waals surface area contributed by atoms with E-state index in [9.17, 15) is 41.7 Å². The maximum atomic E-state index is 13.6. The number of hydrogen-bond acceptors (Lipinski definition) is 8. The Morgan fingerprint density at radius 3 is 2.04 bits per heavy atom. The quantitative estimate of drug-likeness (QED) is 0.0654. The van der Waals surface area contributed by atoms with Crippen LogP contribution in [0.2, 0.25) is 0 Å². The van der Waals surface area contributed by atoms with Gasteiger partial charge in [-0.1, -0.05) is 77.0 Å². The Balaban J connectivity index is 1.43. The average Bonchev–Trinajstić information content (AvgIpc) is 3.34. The number of aliphatic hydroxyl groups is 1. The van der Waals surface area contributed by atoms with E-state index < -0.39 is 62.0 Å². The maximum Gasteiger partial charge on any atom is 0.472 e. The van der Waals surface area contributed by atoms with E-state index in [1.54, 1.807) is 4.98 Å². The fourth-order valence-corrected chi connectivity index (χ4v) is 6.12. The van der Waals surface area contributed by atoms with Gasteiger partial charge in [0.25, 0.3) is 5.56 Å². The number of aromatic nitrogens is 2. The lowest BCUT2D eigenvalue weighted by molar-refractivity contribution is -0.135. The molecule has 1 aromatic heterocycles. The second kappa shape index (κ2) is 20.6. The molecule has 45 heavy (non-hydrogen) atoms. The Kier molecular flexibility index (Phi) is 18.1. The molecule has 0 aliphatic carbocycles. The summed E-state index contributed by atoms with van der Waals surface area (Å²) in [5.41, 5.74) is -2.11. The van der Waals surface area contributed by atoms with Gasteiger partial charge in [0.1, 0.15) is 12.3 Å². The maximum absolute atomic E-state index is 13.6. The molecule has 0 saturated carbocycles. The molecule has 2 rings (SSSR count). The molecule has 5 atom stereocenters. The van der Waals surface area contributed by atoms with Crippen molar-refractivity contribution in [1.29, 1.82) is 0 Å². The van der Waals surface area contributed by atoms with E-state index in [4.69, 9.17) is 18.5 Å². The lowest BCUT2D eigenvalue weighted by Crippen LogP contribution is -2.35. The number of aliphatic hydroxyl groups excluding tert-OH is 1. The van der Waals surface area contributed by atoms with Crippen molar-refractivity contribution in [3.05, 3.63) is 32.9 Å². The molecule has 1 aromatic rings. The molecule has 1 saturated heterocycles. The number of nitrogens with zero attached hydrogens (tertiary/aromatic N) is 1. The number of aromatic amines is 1. The third-order valence-corrected chi connectivity index (χ3v) is 8.72. The fourth-order valence-electron chi connectivity index (χ4n) is 5.21. The number of phosphoric ester groups is 1. The molecule has 0 bridgehead atoms. The molecule has 16 heteroatoms. The lowest BCUT2D eigenvalue weighted by Gasteiger charge is -2.24. The lowest BCUT2D eigenvalue weighted by atomic mass is 10.0. The van der Waals surface area contributed by atoms with Crippen LogP contribution in [0.25, 0.3) is 0 Å². The highest BCUT2D eigenvalue weighted by Crippen LogP contribution is 2.46. The normalized spacial score (nSPS) is 20.8. The summed E-state index contributed by atoms with van der Waals surface area (Å²) in [4.78, 5) is 35.0. The largest absolute Gasteiger partial charge is 0.472 e. The van der Waals surface area contributed by atoms with E-state index in [0.717, 1.165) is 55.9 Å². The predicted molar refractivity (Wildman–Crippen MR) is 158 cm³/mol. The minimum absolute atomic E-state index is 0.0845. The van der Waals surface area contributed by atoms with Crippen molar-refractivity contribution in [3.63, 3.8) is 0 Å². The number of alkyl halides is 3. The van der Waals surface area contributed by atoms with Crippen LogP contribution in [-0.2, 0) is 23.1 Å². The highest BCUT2D eigenvalue weighted by Gasteiger charge is 2.42. The van der Waals surface area contributed by atoms with Crippen molar-refractivity contribution in [2.24, 2.45) is 0 Å². The second-order valence-electron chi connectivity index (χ2n) is 11.5. The van der Waals surface area contributed by atoms with Crippen LogP contribution < -0.4 is 11.2 Å². The van der Waals surface area contributed by atoms with Gasteiger partial charge in [0.2, 0.25) is 5.82 Å². The van der Waals surface area contributed by atoms with E-state index in [1.165, 1.54) is 32.6 Å². The zero-order valence-corrected chi connectivity index (χ0v) is 26.9. The highest BCUT2D eigenvalue weighted by atomic mass is 31.2. The Labute approximate surface area is 261 Å². The first kappa shape index (κ1) is 39.6. The van der Waals surface area contributed by atoms with Crippen LogP contribution in [0.5, 0.6) is 0 Å². The minimum atomic E-state index is -4.52. The number of ether oxygens (including phenoxy) is 2. The van der Waals surface area contributed by atoms with Gasteiger partial charge in [-0.05, 0) is 19.8 Å². The van der Waals surface area contributed by atoms with Crippen LogP contribution in [0.1, 0.15) is 116 Å². The molecule has 1 aliphatic rings. The van der Waals surface area contributed by atoms with Crippen LogP contribution in [0.4, 0.5) is 17.6 Å². The zero-order valence-electron chi connectivity index (χ0n) is 26.0. The summed E-state index contributed by atoms with van der Waals surface area (Å²) in [7, 11) is -4.52. The molecule has 0 aromatic carbocycles. The molecular weight excluding hydrogens is 627 g/mol. The summed E-state index contributed by atoms with van der Waals surface area (Å²) < 4.78 is 84.0. The molecule has 2 heterocycles. The SMILES string of the molecule is C[C@@H](OP(=O)(O)OCCOCCCCCCCCCCCCCCCCC(F)(F)F)[C@H]1O[C@@H](n2cc(F)c(=O)[nH]c2=O)C[C@@H]1O. The summed E-state index contributed by atoms with van der Waals surface area (Å²) in [5.74, 6) is -1.20. The molecule has 262 valence electrons. The zero-order chi connectivity index (χ0) is 33.3. The van der Waals surface area contributed by atoms with Gasteiger partial charge in [-0.3, -0.25) is 23.4 Å².